The summed E-state index contributed by atoms with van der Waals surface area (Å²) in [5.41, 5.74) is -0.280. The number of carbonyl (C=O) groups is 1. The molecule has 7 heteroatoms. The van der Waals surface area contributed by atoms with Crippen LogP contribution < -0.4 is 0 Å². The molecule has 0 spiro atoms. The molecular formula is C14H15F4O3. The summed E-state index contributed by atoms with van der Waals surface area (Å²) in [7, 11) is 1.45. The highest BCUT2D eigenvalue weighted by Crippen LogP contribution is 2.27. The zero-order chi connectivity index (χ0) is 15.9. The number of alkyl halides is 3. The minimum atomic E-state index is -4.66. The van der Waals surface area contributed by atoms with Crippen LogP contribution in [0.5, 0.6) is 0 Å². The Balaban J connectivity index is 2.65. The van der Waals surface area contributed by atoms with Crippen molar-refractivity contribution in [2.24, 2.45) is 0 Å². The molecule has 0 saturated heterocycles. The topological polar surface area (TPSA) is 35.5 Å². The molecule has 0 aliphatic heterocycles. The van der Waals surface area contributed by atoms with E-state index in [0.29, 0.717) is 13.0 Å². The second-order valence-electron chi connectivity index (χ2n) is 4.35. The molecule has 1 rings (SSSR count). The van der Waals surface area contributed by atoms with Gasteiger partial charge in [0, 0.05) is 19.8 Å². The van der Waals surface area contributed by atoms with Crippen molar-refractivity contribution in [3.8, 4) is 0 Å². The molecule has 0 bridgehead atoms. The van der Waals surface area contributed by atoms with Crippen LogP contribution in [0.3, 0.4) is 0 Å². The number of carbonyl (C=O) groups excluding carboxylic acids is 1. The van der Waals surface area contributed by atoms with Gasteiger partial charge in [-0.1, -0.05) is 6.07 Å². The third-order valence-corrected chi connectivity index (χ3v) is 2.68. The van der Waals surface area contributed by atoms with E-state index in [-0.39, 0.29) is 18.4 Å². The second-order valence-corrected chi connectivity index (χ2v) is 4.35. The molecule has 0 saturated carbocycles. The number of halogens is 4. The molecule has 0 fully saturated rings. The zero-order valence-electron chi connectivity index (χ0n) is 11.4. The summed E-state index contributed by atoms with van der Waals surface area (Å²) >= 11 is 0. The van der Waals surface area contributed by atoms with Crippen molar-refractivity contribution in [3.05, 3.63) is 35.6 Å². The lowest BCUT2D eigenvalue weighted by molar-refractivity contribution is -0.206. The lowest BCUT2D eigenvalue weighted by Gasteiger charge is -2.20. The second kappa shape index (κ2) is 7.97. The van der Waals surface area contributed by atoms with Gasteiger partial charge in [0.2, 0.25) is 0 Å². The monoisotopic (exact) mass is 307 g/mol. The average molecular weight is 307 g/mol. The van der Waals surface area contributed by atoms with E-state index in [1.807, 2.05) is 0 Å². The molecule has 3 nitrogen and oxygen atoms in total. The van der Waals surface area contributed by atoms with Crippen LogP contribution in [0.25, 0.3) is 0 Å². The van der Waals surface area contributed by atoms with Gasteiger partial charge >= 0.3 is 12.1 Å². The molecule has 0 aliphatic rings. The van der Waals surface area contributed by atoms with Gasteiger partial charge in [-0.2, -0.15) is 13.2 Å². The summed E-state index contributed by atoms with van der Waals surface area (Å²) in [5, 5.41) is 0. The fourth-order valence-electron chi connectivity index (χ4n) is 1.63. The Labute approximate surface area is 119 Å². The van der Waals surface area contributed by atoms with Gasteiger partial charge in [-0.3, -0.25) is 0 Å². The largest absolute Gasteiger partial charge is 0.449 e. The molecular weight excluding hydrogens is 292 g/mol. The Bertz CT molecular complexity index is 460. The number of ether oxygens (including phenoxy) is 2. The van der Waals surface area contributed by atoms with E-state index in [1.54, 1.807) is 0 Å². The third-order valence-electron chi connectivity index (χ3n) is 2.68. The minimum absolute atomic E-state index is 0.197. The van der Waals surface area contributed by atoms with E-state index < -0.39 is 24.1 Å². The Hall–Kier alpha value is -1.63. The van der Waals surface area contributed by atoms with Crippen LogP contribution in [0.1, 0.15) is 29.6 Å². The summed E-state index contributed by atoms with van der Waals surface area (Å²) in [5.74, 6) is -2.05. The molecule has 1 aromatic carbocycles. The van der Waals surface area contributed by atoms with Gasteiger partial charge in [0.25, 0.3) is 0 Å². The smallest absolute Gasteiger partial charge is 0.425 e. The van der Waals surface area contributed by atoms with Crippen molar-refractivity contribution >= 4 is 5.97 Å². The fourth-order valence-corrected chi connectivity index (χ4v) is 1.63. The van der Waals surface area contributed by atoms with Crippen molar-refractivity contribution in [3.63, 3.8) is 0 Å². The highest BCUT2D eigenvalue weighted by atomic mass is 19.4. The molecule has 1 aromatic rings. The predicted octanol–water partition coefficient (Wildman–Crippen LogP) is 3.53. The Kier molecular flexibility index (Phi) is 6.61. The quantitative estimate of drug-likeness (QED) is 0.439. The van der Waals surface area contributed by atoms with Crippen molar-refractivity contribution in [2.75, 3.05) is 13.7 Å². The van der Waals surface area contributed by atoms with Gasteiger partial charge in [-0.15, -0.1) is 0 Å². The minimum Gasteiger partial charge on any atom is -0.449 e. The summed E-state index contributed by atoms with van der Waals surface area (Å²) in [6, 6.07) is 5.17. The highest BCUT2D eigenvalue weighted by molar-refractivity contribution is 5.89. The van der Waals surface area contributed by atoms with Crippen LogP contribution in [-0.4, -0.2) is 32.0 Å². The normalized spacial score (nSPS) is 13.0. The molecule has 117 valence electrons. The fraction of sp³-hybridized carbons (Fsp3) is 0.500. The Morgan fingerprint density at radius 3 is 2.67 bits per heavy atom. The van der Waals surface area contributed by atoms with Crippen LogP contribution >= 0.6 is 0 Å². The lowest BCUT2D eigenvalue weighted by atomic mass is 10.1. The molecule has 21 heavy (non-hydrogen) atoms. The first-order chi connectivity index (χ1) is 9.84. The van der Waals surface area contributed by atoms with Crippen molar-refractivity contribution in [2.45, 2.75) is 31.5 Å². The van der Waals surface area contributed by atoms with Crippen molar-refractivity contribution in [1.29, 1.82) is 0 Å². The maximum absolute atomic E-state index is 12.9. The SMILES string of the molecule is COCCCCC(OC(=O)c1cc[c]c(F)c1)C(F)(F)F. The van der Waals surface area contributed by atoms with E-state index in [9.17, 15) is 22.4 Å². The van der Waals surface area contributed by atoms with Crippen molar-refractivity contribution in [1.82, 2.24) is 0 Å². The van der Waals surface area contributed by atoms with E-state index in [1.165, 1.54) is 7.11 Å². The van der Waals surface area contributed by atoms with Gasteiger partial charge in [0.05, 0.1) is 5.56 Å². The number of methoxy groups -OCH3 is 1. The first-order valence-electron chi connectivity index (χ1n) is 6.28. The maximum atomic E-state index is 12.9. The van der Waals surface area contributed by atoms with Crippen LogP contribution in [0.4, 0.5) is 17.6 Å². The number of esters is 1. The third kappa shape index (κ3) is 6.12. The van der Waals surface area contributed by atoms with Crippen molar-refractivity contribution < 1.29 is 31.8 Å². The standard InChI is InChI=1S/C14H15F4O3/c1-20-8-3-2-7-12(14(16,17)18)21-13(19)10-5-4-6-11(15)9-10/h4-5,9,12H,2-3,7-8H2,1H3. The maximum Gasteiger partial charge on any atom is 0.425 e. The van der Waals surface area contributed by atoms with Gasteiger partial charge in [0.1, 0.15) is 5.82 Å². The number of rotatable bonds is 7. The van der Waals surface area contributed by atoms with E-state index >= 15 is 0 Å². The van der Waals surface area contributed by atoms with Crippen LogP contribution in [0.15, 0.2) is 18.2 Å². The first kappa shape index (κ1) is 17.4. The summed E-state index contributed by atoms with van der Waals surface area (Å²) in [6.07, 6.45) is -6.62. The molecule has 0 aromatic heterocycles. The number of benzene rings is 1. The molecule has 1 atom stereocenters. The van der Waals surface area contributed by atoms with Crippen LogP contribution in [0.2, 0.25) is 0 Å². The molecule has 1 unspecified atom stereocenters. The van der Waals surface area contributed by atoms with Crippen LogP contribution in [0, 0.1) is 11.9 Å². The molecule has 0 amide bonds. The van der Waals surface area contributed by atoms with Crippen LogP contribution in [-0.2, 0) is 9.47 Å². The molecule has 0 N–H and O–H groups in total. The number of hydrogen-bond acceptors (Lipinski definition) is 3. The Morgan fingerprint density at radius 2 is 2.10 bits per heavy atom. The average Bonchev–Trinajstić information content (AvgIpc) is 2.40. The molecule has 0 aliphatic carbocycles. The summed E-state index contributed by atoms with van der Waals surface area (Å²) in [6.45, 7) is 0.332. The molecule has 0 heterocycles. The Morgan fingerprint density at radius 1 is 1.38 bits per heavy atom. The van der Waals surface area contributed by atoms with Gasteiger partial charge in [0.15, 0.2) is 6.10 Å². The van der Waals surface area contributed by atoms with E-state index in [2.05, 4.69) is 10.8 Å². The first-order valence-corrected chi connectivity index (χ1v) is 6.28. The summed E-state index contributed by atoms with van der Waals surface area (Å²) in [4.78, 5) is 11.6. The van der Waals surface area contributed by atoms with Gasteiger partial charge < -0.3 is 9.47 Å². The highest BCUT2D eigenvalue weighted by Gasteiger charge is 2.42. The van der Waals surface area contributed by atoms with E-state index in [4.69, 9.17) is 4.74 Å². The molecule has 1 radical (unpaired) electrons. The van der Waals surface area contributed by atoms with Gasteiger partial charge in [-0.25, -0.2) is 9.18 Å². The number of hydrogen-bond donors (Lipinski definition) is 0. The zero-order valence-corrected chi connectivity index (χ0v) is 11.4. The lowest BCUT2D eigenvalue weighted by Crippen LogP contribution is -2.34. The predicted molar refractivity (Wildman–Crippen MR) is 66.2 cm³/mol. The number of unbranched alkanes of at least 4 members (excludes halogenated alkanes) is 1. The summed E-state index contributed by atoms with van der Waals surface area (Å²) < 4.78 is 60.5. The van der Waals surface area contributed by atoms with Gasteiger partial charge in [-0.05, 0) is 31.4 Å². The van der Waals surface area contributed by atoms with E-state index in [0.717, 1.165) is 18.2 Å².